The van der Waals surface area contributed by atoms with E-state index in [0.29, 0.717) is 10.9 Å². The summed E-state index contributed by atoms with van der Waals surface area (Å²) >= 11 is 0. The molecule has 0 heterocycles. The average molecular weight is 522 g/mol. The molecule has 0 aliphatic heterocycles. The van der Waals surface area contributed by atoms with Crippen molar-refractivity contribution in [1.29, 1.82) is 0 Å². The fourth-order valence-corrected chi connectivity index (χ4v) is 5.54. The van der Waals surface area contributed by atoms with E-state index >= 15 is 0 Å². The molecule has 0 nitrogen and oxygen atoms in total. The molecule has 8 aromatic rings. The molecule has 0 atom stereocenters. The van der Waals surface area contributed by atoms with E-state index in [0.717, 1.165) is 5.39 Å². The molecule has 0 amide bonds. The number of hydrogen-bond acceptors (Lipinski definition) is 0. The van der Waals surface area contributed by atoms with Crippen LogP contribution in [0.5, 0.6) is 0 Å². The Morgan fingerprint density at radius 3 is 1.52 bits per heavy atom. The lowest BCUT2D eigenvalue weighted by atomic mass is 9.82. The van der Waals surface area contributed by atoms with Gasteiger partial charge in [-0.1, -0.05) is 157 Å². The molecular weight excluding hydrogens is 480 g/mol. The highest BCUT2D eigenvalue weighted by molar-refractivity contribution is 6.24. The summed E-state index contributed by atoms with van der Waals surface area (Å²) in [7, 11) is 0. The minimum absolute atomic E-state index is 0.0229. The van der Waals surface area contributed by atoms with Crippen molar-refractivity contribution in [3.05, 3.63) is 157 Å². The summed E-state index contributed by atoms with van der Waals surface area (Å²) in [4.78, 5) is 0. The van der Waals surface area contributed by atoms with Crippen molar-refractivity contribution in [2.24, 2.45) is 0 Å². The van der Waals surface area contributed by atoms with E-state index in [4.69, 9.17) is 15.1 Å². The van der Waals surface area contributed by atoms with Crippen LogP contribution in [0.1, 0.15) is 20.6 Å². The van der Waals surface area contributed by atoms with Gasteiger partial charge in [-0.15, -0.1) is 0 Å². The Morgan fingerprint density at radius 2 is 0.800 bits per heavy atom. The van der Waals surface area contributed by atoms with Gasteiger partial charge in [0.05, 0.1) is 20.6 Å². The largest absolute Gasteiger partial charge is 0.0629 e. The molecule has 0 N–H and O–H groups in total. The Balaban J connectivity index is 1.71. The normalized spacial score (nSPS) is 16.8. The summed E-state index contributed by atoms with van der Waals surface area (Å²) in [5.41, 5.74) is 0.629. The third-order valence-corrected chi connectivity index (χ3v) is 7.21. The van der Waals surface area contributed by atoms with Crippen molar-refractivity contribution < 1.29 is 20.6 Å². The standard InChI is InChI=1S/C40H26/c1-3-17-29-27(13-1)15-11-25-31(29)32-19-5-6-20-34(32)40-37-23-9-7-21-35(37)39(36-22-8-10-24-38(36)40)33-26-12-16-28-14-2-4-18-30(28)33/h1-26H/i1D,3D,7D,8D,9D,10D,11D,13D,15D,17D,21D,22D,23D,24D,25D. The van der Waals surface area contributed by atoms with Gasteiger partial charge < -0.3 is 0 Å². The van der Waals surface area contributed by atoms with Crippen molar-refractivity contribution in [2.75, 3.05) is 0 Å². The van der Waals surface area contributed by atoms with E-state index < -0.39 is 90.6 Å². The number of rotatable bonds is 3. The van der Waals surface area contributed by atoms with Gasteiger partial charge in [-0.25, -0.2) is 0 Å². The van der Waals surface area contributed by atoms with Gasteiger partial charge >= 0.3 is 0 Å². The van der Waals surface area contributed by atoms with E-state index in [1.54, 1.807) is 36.4 Å². The summed E-state index contributed by atoms with van der Waals surface area (Å²) < 4.78 is 134. The quantitative estimate of drug-likeness (QED) is 0.203. The number of benzene rings is 8. The van der Waals surface area contributed by atoms with Crippen molar-refractivity contribution in [3.8, 4) is 33.4 Å². The second kappa shape index (κ2) is 9.22. The minimum Gasteiger partial charge on any atom is -0.0616 e. The molecule has 0 heteroatoms. The highest BCUT2D eigenvalue weighted by Gasteiger charge is 2.20. The predicted octanol–water partition coefficient (Wildman–Crippen LogP) is 11.3. The van der Waals surface area contributed by atoms with E-state index in [1.165, 1.54) is 6.07 Å². The lowest BCUT2D eigenvalue weighted by Crippen LogP contribution is -1.93. The minimum atomic E-state index is -0.633. The van der Waals surface area contributed by atoms with Crippen molar-refractivity contribution in [1.82, 2.24) is 0 Å². The molecule has 8 rings (SSSR count). The second-order valence-electron chi connectivity index (χ2n) is 9.32. The third kappa shape index (κ3) is 3.47. The molecule has 0 aromatic heterocycles. The van der Waals surface area contributed by atoms with Gasteiger partial charge in [-0.2, -0.15) is 0 Å². The van der Waals surface area contributed by atoms with Crippen LogP contribution in [-0.2, 0) is 0 Å². The molecule has 0 spiro atoms. The fourth-order valence-electron chi connectivity index (χ4n) is 5.54. The number of hydrogen-bond donors (Lipinski definition) is 0. The average Bonchev–Trinajstić information content (AvgIpc) is 3.19. The van der Waals surface area contributed by atoms with Crippen LogP contribution in [0.4, 0.5) is 0 Å². The lowest BCUT2D eigenvalue weighted by molar-refractivity contribution is 1.63. The summed E-state index contributed by atoms with van der Waals surface area (Å²) in [5.74, 6) is 0. The molecular formula is C40H26. The molecule has 0 fully saturated rings. The molecule has 0 saturated heterocycles. The Kier molecular flexibility index (Phi) is 2.84. The second-order valence-corrected chi connectivity index (χ2v) is 9.32. The van der Waals surface area contributed by atoms with Gasteiger partial charge in [-0.3, -0.25) is 0 Å². The smallest absolute Gasteiger partial charge is 0.0616 e. The van der Waals surface area contributed by atoms with Crippen LogP contribution in [-0.4, -0.2) is 0 Å². The zero-order valence-electron chi connectivity index (χ0n) is 35.9. The van der Waals surface area contributed by atoms with E-state index in [2.05, 4.69) is 0 Å². The van der Waals surface area contributed by atoms with Gasteiger partial charge in [0.2, 0.25) is 0 Å². The summed E-state index contributed by atoms with van der Waals surface area (Å²) in [6, 6.07) is 10.5. The molecule has 40 heavy (non-hydrogen) atoms. The van der Waals surface area contributed by atoms with Crippen LogP contribution < -0.4 is 0 Å². The van der Waals surface area contributed by atoms with Crippen LogP contribution in [0, 0.1) is 0 Å². The van der Waals surface area contributed by atoms with Crippen LogP contribution in [0.3, 0.4) is 0 Å². The molecule has 0 saturated carbocycles. The summed E-state index contributed by atoms with van der Waals surface area (Å²) in [6.07, 6.45) is 0. The molecule has 0 radical (unpaired) electrons. The van der Waals surface area contributed by atoms with Crippen LogP contribution >= 0.6 is 0 Å². The van der Waals surface area contributed by atoms with Gasteiger partial charge in [-0.05, 0) is 76.5 Å². The maximum Gasteiger partial charge on any atom is 0.0629 e. The van der Waals surface area contributed by atoms with Crippen molar-refractivity contribution >= 4 is 43.1 Å². The van der Waals surface area contributed by atoms with Gasteiger partial charge in [0.25, 0.3) is 0 Å². The summed E-state index contributed by atoms with van der Waals surface area (Å²) in [5, 5.41) is 0.727. The van der Waals surface area contributed by atoms with E-state index in [1.807, 2.05) is 24.3 Å². The third-order valence-electron chi connectivity index (χ3n) is 7.21. The first-order chi connectivity index (χ1) is 26.1. The van der Waals surface area contributed by atoms with Crippen LogP contribution in [0.2, 0.25) is 0 Å². The van der Waals surface area contributed by atoms with Crippen LogP contribution in [0.25, 0.3) is 76.5 Å². The zero-order valence-corrected chi connectivity index (χ0v) is 20.9. The molecule has 186 valence electrons. The highest BCUT2D eigenvalue weighted by atomic mass is 14.2. The monoisotopic (exact) mass is 521 g/mol. The molecule has 8 aromatic carbocycles. The van der Waals surface area contributed by atoms with E-state index in [-0.39, 0.29) is 60.1 Å². The van der Waals surface area contributed by atoms with Gasteiger partial charge in [0, 0.05) is 0 Å². The van der Waals surface area contributed by atoms with Crippen LogP contribution in [0.15, 0.2) is 157 Å². The Labute approximate surface area is 254 Å². The Morgan fingerprint density at radius 1 is 0.300 bits per heavy atom. The van der Waals surface area contributed by atoms with Crippen molar-refractivity contribution in [3.63, 3.8) is 0 Å². The molecule has 0 aliphatic rings. The molecule has 0 unspecified atom stereocenters. The first kappa shape index (κ1) is 12.3. The fraction of sp³-hybridized carbons (Fsp3) is 0. The van der Waals surface area contributed by atoms with Crippen molar-refractivity contribution in [2.45, 2.75) is 0 Å². The highest BCUT2D eigenvalue weighted by Crippen LogP contribution is 2.47. The molecule has 0 aliphatic carbocycles. The van der Waals surface area contributed by atoms with Gasteiger partial charge in [0.1, 0.15) is 0 Å². The Bertz CT molecular complexity index is 2950. The maximum atomic E-state index is 9.38. The summed E-state index contributed by atoms with van der Waals surface area (Å²) in [6.45, 7) is 0. The SMILES string of the molecule is [2H]c1c([2H])c([2H])c2c(-c3ccccc3-c3c4c([2H])c([2H])c([2H])c([2H])c4c(-c4cccc5ccccc45)c4c([2H])c([2H])c([2H])c([2H])c34)c([2H])c([2H])c([2H])c2c1[2H]. The van der Waals surface area contributed by atoms with E-state index in [9.17, 15) is 5.48 Å². The topological polar surface area (TPSA) is 0 Å². The first-order valence-electron chi connectivity index (χ1n) is 20.1. The zero-order chi connectivity index (χ0) is 39.5. The number of fused-ring (bicyclic) bond motifs is 4. The van der Waals surface area contributed by atoms with Gasteiger partial charge in [0.15, 0.2) is 0 Å². The first-order valence-corrected chi connectivity index (χ1v) is 12.6. The lowest BCUT2D eigenvalue weighted by Gasteiger charge is -2.20. The Hall–Kier alpha value is -5.20. The maximum absolute atomic E-state index is 9.38. The molecule has 0 bridgehead atoms. The predicted molar refractivity (Wildman–Crippen MR) is 173 cm³/mol.